The Hall–Kier alpha value is -2.28. The molecule has 2 aromatic carbocycles. The van der Waals surface area contributed by atoms with Gasteiger partial charge in [-0.05, 0) is 30.5 Å². The lowest BCUT2D eigenvalue weighted by Gasteiger charge is -2.25. The number of sulfone groups is 1. The SMILES string of the molecule is O=C(c1ccccc1S(=O)(=O)C(F)F)N1CCCC[C@@H](c2ccccc2)C1. The van der Waals surface area contributed by atoms with Gasteiger partial charge in [0.25, 0.3) is 5.91 Å². The van der Waals surface area contributed by atoms with Gasteiger partial charge < -0.3 is 4.90 Å². The van der Waals surface area contributed by atoms with Crippen LogP contribution in [0.3, 0.4) is 0 Å². The topological polar surface area (TPSA) is 54.5 Å². The second-order valence-electron chi connectivity index (χ2n) is 6.66. The Bertz CT molecular complexity index is 900. The predicted molar refractivity (Wildman–Crippen MR) is 98.6 cm³/mol. The summed E-state index contributed by atoms with van der Waals surface area (Å²) < 4.78 is 50.0. The smallest absolute Gasteiger partial charge is 0.338 e. The van der Waals surface area contributed by atoms with Crippen molar-refractivity contribution in [2.75, 3.05) is 13.1 Å². The van der Waals surface area contributed by atoms with Crippen LogP contribution in [0.15, 0.2) is 59.5 Å². The van der Waals surface area contributed by atoms with E-state index in [1.807, 2.05) is 30.3 Å². The lowest BCUT2D eigenvalue weighted by atomic mass is 9.94. The van der Waals surface area contributed by atoms with Crippen molar-refractivity contribution >= 4 is 15.7 Å². The Morgan fingerprint density at radius 1 is 1.00 bits per heavy atom. The summed E-state index contributed by atoms with van der Waals surface area (Å²) in [6.07, 6.45) is 2.66. The molecule has 1 aliphatic rings. The fraction of sp³-hybridized carbons (Fsp3) is 0.350. The zero-order valence-corrected chi connectivity index (χ0v) is 15.5. The van der Waals surface area contributed by atoms with Gasteiger partial charge in [0, 0.05) is 19.0 Å². The number of alkyl halides is 2. The van der Waals surface area contributed by atoms with Gasteiger partial charge in [-0.3, -0.25) is 4.79 Å². The summed E-state index contributed by atoms with van der Waals surface area (Å²) in [5.41, 5.74) is 0.928. The molecule has 0 N–H and O–H groups in total. The molecule has 0 aromatic heterocycles. The molecule has 144 valence electrons. The molecule has 1 saturated heterocycles. The summed E-state index contributed by atoms with van der Waals surface area (Å²) in [7, 11) is -4.85. The monoisotopic (exact) mass is 393 g/mol. The van der Waals surface area contributed by atoms with E-state index >= 15 is 0 Å². The molecule has 7 heteroatoms. The number of halogens is 2. The first-order valence-corrected chi connectivity index (χ1v) is 10.4. The zero-order chi connectivity index (χ0) is 19.4. The molecule has 0 saturated carbocycles. The number of carbonyl (C=O) groups excluding carboxylic acids is 1. The minimum absolute atomic E-state index is 0.136. The molecule has 1 heterocycles. The summed E-state index contributed by atoms with van der Waals surface area (Å²) in [6.45, 7) is 0.914. The number of benzene rings is 2. The standard InChI is InChI=1S/C20H21F2NO3S/c21-20(22)27(25,26)18-12-5-4-11-17(18)19(24)23-13-7-6-10-16(14-23)15-8-2-1-3-9-15/h1-5,8-9,11-12,16,20H,6-7,10,13-14H2/t16-/m1/s1. The van der Waals surface area contributed by atoms with Gasteiger partial charge in [0.15, 0.2) is 0 Å². The molecule has 1 aliphatic heterocycles. The molecule has 0 radical (unpaired) electrons. The third-order valence-electron chi connectivity index (χ3n) is 4.89. The van der Waals surface area contributed by atoms with E-state index in [1.54, 1.807) is 4.90 Å². The van der Waals surface area contributed by atoms with Crippen LogP contribution in [0.4, 0.5) is 8.78 Å². The molecule has 2 aromatic rings. The molecule has 3 rings (SSSR count). The molecule has 0 unspecified atom stereocenters. The van der Waals surface area contributed by atoms with Crippen LogP contribution in [0.1, 0.15) is 41.1 Å². The van der Waals surface area contributed by atoms with Gasteiger partial charge in [-0.2, -0.15) is 8.78 Å². The van der Waals surface area contributed by atoms with Crippen LogP contribution in [-0.2, 0) is 9.84 Å². The van der Waals surface area contributed by atoms with Crippen LogP contribution >= 0.6 is 0 Å². The van der Waals surface area contributed by atoms with E-state index in [-0.39, 0.29) is 11.5 Å². The van der Waals surface area contributed by atoms with E-state index < -0.39 is 26.4 Å². The third-order valence-corrected chi connectivity index (χ3v) is 6.33. The Balaban J connectivity index is 1.92. The predicted octanol–water partition coefficient (Wildman–Crippen LogP) is 4.09. The Morgan fingerprint density at radius 3 is 2.37 bits per heavy atom. The lowest BCUT2D eigenvalue weighted by Crippen LogP contribution is -2.35. The van der Waals surface area contributed by atoms with Gasteiger partial charge in [0.2, 0.25) is 9.84 Å². The maximum atomic E-state index is 13.0. The molecular weight excluding hydrogens is 372 g/mol. The average molecular weight is 393 g/mol. The van der Waals surface area contributed by atoms with Gasteiger partial charge in [0.05, 0.1) is 10.5 Å². The first-order chi connectivity index (χ1) is 12.9. The largest absolute Gasteiger partial charge is 0.341 e. The fourth-order valence-electron chi connectivity index (χ4n) is 3.48. The van der Waals surface area contributed by atoms with Crippen LogP contribution in [0.25, 0.3) is 0 Å². The quantitative estimate of drug-likeness (QED) is 0.786. The van der Waals surface area contributed by atoms with E-state index in [9.17, 15) is 22.0 Å². The molecule has 1 amide bonds. The minimum Gasteiger partial charge on any atom is -0.338 e. The van der Waals surface area contributed by atoms with Gasteiger partial charge in [-0.25, -0.2) is 8.42 Å². The molecule has 4 nitrogen and oxygen atoms in total. The van der Waals surface area contributed by atoms with Crippen LogP contribution in [0, 0.1) is 0 Å². The van der Waals surface area contributed by atoms with Crippen molar-refractivity contribution in [3.05, 3.63) is 65.7 Å². The zero-order valence-electron chi connectivity index (χ0n) is 14.7. The van der Waals surface area contributed by atoms with Crippen molar-refractivity contribution in [1.29, 1.82) is 0 Å². The van der Waals surface area contributed by atoms with Crippen LogP contribution in [-0.4, -0.2) is 38.1 Å². The molecule has 1 atom stereocenters. The van der Waals surface area contributed by atoms with Crippen molar-refractivity contribution in [3.63, 3.8) is 0 Å². The van der Waals surface area contributed by atoms with Crippen LogP contribution in [0.5, 0.6) is 0 Å². The highest BCUT2D eigenvalue weighted by Crippen LogP contribution is 2.29. The normalized spacial score (nSPS) is 18.3. The number of nitrogens with zero attached hydrogens (tertiary/aromatic N) is 1. The summed E-state index contributed by atoms with van der Waals surface area (Å²) in [5, 5.41) is 0. The van der Waals surface area contributed by atoms with Crippen LogP contribution in [0.2, 0.25) is 0 Å². The van der Waals surface area contributed by atoms with E-state index in [2.05, 4.69) is 0 Å². The highest BCUT2D eigenvalue weighted by atomic mass is 32.2. The highest BCUT2D eigenvalue weighted by Gasteiger charge is 2.33. The first-order valence-electron chi connectivity index (χ1n) is 8.86. The average Bonchev–Trinajstić information content (AvgIpc) is 2.94. The van der Waals surface area contributed by atoms with Gasteiger partial charge in [0.1, 0.15) is 0 Å². The summed E-state index contributed by atoms with van der Waals surface area (Å²) >= 11 is 0. The molecule has 27 heavy (non-hydrogen) atoms. The van der Waals surface area contributed by atoms with E-state index in [4.69, 9.17) is 0 Å². The number of carbonyl (C=O) groups is 1. The van der Waals surface area contributed by atoms with E-state index in [0.29, 0.717) is 13.1 Å². The number of hydrogen-bond acceptors (Lipinski definition) is 3. The number of hydrogen-bond donors (Lipinski definition) is 0. The van der Waals surface area contributed by atoms with E-state index in [1.165, 1.54) is 18.2 Å². The van der Waals surface area contributed by atoms with Gasteiger partial charge >= 0.3 is 5.76 Å². The molecular formula is C20H21F2NO3S. The molecule has 1 fully saturated rings. The maximum Gasteiger partial charge on any atom is 0.341 e. The van der Waals surface area contributed by atoms with Crippen molar-refractivity contribution < 1.29 is 22.0 Å². The molecule has 0 bridgehead atoms. The van der Waals surface area contributed by atoms with Crippen LogP contribution < -0.4 is 0 Å². The fourth-order valence-corrected chi connectivity index (χ4v) is 4.40. The Labute approximate surface area is 157 Å². The van der Waals surface area contributed by atoms with Crippen molar-refractivity contribution in [2.45, 2.75) is 35.8 Å². The summed E-state index contributed by atoms with van der Waals surface area (Å²) in [4.78, 5) is 14.0. The third kappa shape index (κ3) is 4.18. The first kappa shape index (κ1) is 19.5. The van der Waals surface area contributed by atoms with E-state index in [0.717, 1.165) is 30.9 Å². The second kappa shape index (κ2) is 8.17. The van der Waals surface area contributed by atoms with Gasteiger partial charge in [-0.15, -0.1) is 0 Å². The second-order valence-corrected chi connectivity index (χ2v) is 8.54. The number of amides is 1. The van der Waals surface area contributed by atoms with Crippen molar-refractivity contribution in [3.8, 4) is 0 Å². The Morgan fingerprint density at radius 2 is 1.67 bits per heavy atom. The van der Waals surface area contributed by atoms with Crippen molar-refractivity contribution in [2.24, 2.45) is 0 Å². The van der Waals surface area contributed by atoms with Gasteiger partial charge in [-0.1, -0.05) is 48.9 Å². The lowest BCUT2D eigenvalue weighted by molar-refractivity contribution is 0.0750. The highest BCUT2D eigenvalue weighted by molar-refractivity contribution is 7.91. The summed E-state index contributed by atoms with van der Waals surface area (Å²) in [6, 6.07) is 15.0. The Kier molecular flexibility index (Phi) is 5.89. The van der Waals surface area contributed by atoms with Crippen molar-refractivity contribution in [1.82, 2.24) is 4.90 Å². The molecule has 0 spiro atoms. The number of likely N-dealkylation sites (tertiary alicyclic amines) is 1. The minimum atomic E-state index is -4.85. The maximum absolute atomic E-state index is 13.0. The number of rotatable bonds is 4. The summed E-state index contributed by atoms with van der Waals surface area (Å²) in [5.74, 6) is -3.94. The molecule has 0 aliphatic carbocycles.